The summed E-state index contributed by atoms with van der Waals surface area (Å²) in [5, 5.41) is 5.97. The molecule has 1 heterocycles. The second-order valence-electron chi connectivity index (χ2n) is 5.07. The van der Waals surface area contributed by atoms with E-state index < -0.39 is 0 Å². The molecule has 1 saturated heterocycles. The molecule has 1 aromatic rings. The van der Waals surface area contributed by atoms with Gasteiger partial charge in [0.25, 0.3) is 0 Å². The molecular weight excluding hydrogens is 244 g/mol. The first kappa shape index (κ1) is 13.8. The van der Waals surface area contributed by atoms with Crippen molar-refractivity contribution in [3.63, 3.8) is 0 Å². The van der Waals surface area contributed by atoms with E-state index in [9.17, 15) is 4.79 Å². The molecule has 2 N–H and O–H groups in total. The summed E-state index contributed by atoms with van der Waals surface area (Å²) >= 11 is 0. The second kappa shape index (κ2) is 5.59. The lowest BCUT2D eigenvalue weighted by atomic mass is 10.0. The smallest absolute Gasteiger partial charge is 0.250 e. The molecule has 104 valence electrons. The number of methoxy groups -OCH3 is 1. The predicted octanol–water partition coefficient (Wildman–Crippen LogP) is 1.32. The van der Waals surface area contributed by atoms with Gasteiger partial charge in [-0.15, -0.1) is 0 Å². The minimum absolute atomic E-state index is 0.0731. The number of ether oxygens (including phenoxy) is 2. The molecule has 1 aromatic carbocycles. The molecule has 0 unspecified atom stereocenters. The Morgan fingerprint density at radius 3 is 2.74 bits per heavy atom. The number of carbonyl (C=O) groups is 1. The van der Waals surface area contributed by atoms with Crippen LogP contribution in [0, 0.1) is 6.92 Å². The van der Waals surface area contributed by atoms with Crippen molar-refractivity contribution in [3.8, 4) is 5.75 Å². The van der Waals surface area contributed by atoms with Crippen LogP contribution in [-0.4, -0.2) is 38.3 Å². The number of benzene rings is 1. The minimum atomic E-state index is -0.202. The van der Waals surface area contributed by atoms with Crippen molar-refractivity contribution in [3.05, 3.63) is 23.8 Å². The van der Waals surface area contributed by atoms with Gasteiger partial charge in [-0.05, 0) is 37.6 Å². The Morgan fingerprint density at radius 2 is 2.21 bits per heavy atom. The first-order valence-electron chi connectivity index (χ1n) is 6.32. The Labute approximate surface area is 113 Å². The lowest BCUT2D eigenvalue weighted by molar-refractivity contribution is -0.130. The number of nitrogens with one attached hydrogen (secondary N) is 2. The number of rotatable bonds is 5. The SMILES string of the molecule is COc1ccc(NC(=O)COC2(C)CNC2)c(C)c1. The molecule has 1 amide bonds. The second-order valence-corrected chi connectivity index (χ2v) is 5.07. The van der Waals surface area contributed by atoms with Gasteiger partial charge in [0.1, 0.15) is 12.4 Å². The average molecular weight is 264 g/mol. The molecule has 0 saturated carbocycles. The maximum atomic E-state index is 11.8. The monoisotopic (exact) mass is 264 g/mol. The Kier molecular flexibility index (Phi) is 4.07. The minimum Gasteiger partial charge on any atom is -0.497 e. The van der Waals surface area contributed by atoms with Crippen LogP contribution >= 0.6 is 0 Å². The molecule has 1 fully saturated rings. The third-order valence-corrected chi connectivity index (χ3v) is 3.26. The number of hydrogen-bond donors (Lipinski definition) is 2. The highest BCUT2D eigenvalue weighted by molar-refractivity contribution is 5.92. The summed E-state index contributed by atoms with van der Waals surface area (Å²) in [5.41, 5.74) is 1.54. The van der Waals surface area contributed by atoms with Crippen molar-refractivity contribution < 1.29 is 14.3 Å². The number of carbonyl (C=O) groups excluding carboxylic acids is 1. The molecule has 19 heavy (non-hydrogen) atoms. The van der Waals surface area contributed by atoms with Gasteiger partial charge in [0.2, 0.25) is 5.91 Å². The number of hydrogen-bond acceptors (Lipinski definition) is 4. The molecule has 2 rings (SSSR count). The number of anilines is 1. The van der Waals surface area contributed by atoms with Crippen LogP contribution in [-0.2, 0) is 9.53 Å². The zero-order valence-electron chi connectivity index (χ0n) is 11.6. The van der Waals surface area contributed by atoms with Crippen LogP contribution < -0.4 is 15.4 Å². The van der Waals surface area contributed by atoms with Gasteiger partial charge in [-0.2, -0.15) is 0 Å². The van der Waals surface area contributed by atoms with E-state index >= 15 is 0 Å². The molecule has 0 atom stereocenters. The van der Waals surface area contributed by atoms with E-state index in [2.05, 4.69) is 10.6 Å². The Bertz CT molecular complexity index is 470. The van der Waals surface area contributed by atoms with Gasteiger partial charge in [-0.3, -0.25) is 4.79 Å². The van der Waals surface area contributed by atoms with Gasteiger partial charge >= 0.3 is 0 Å². The molecule has 1 aliphatic heterocycles. The van der Waals surface area contributed by atoms with Crippen LogP contribution in [0.1, 0.15) is 12.5 Å². The van der Waals surface area contributed by atoms with E-state index in [4.69, 9.17) is 9.47 Å². The zero-order chi connectivity index (χ0) is 13.9. The Balaban J connectivity index is 1.88. The standard InChI is InChI=1S/C14H20N2O3/c1-10-6-11(18-3)4-5-12(10)16-13(17)7-19-14(2)8-15-9-14/h4-6,15H,7-9H2,1-3H3,(H,16,17). The van der Waals surface area contributed by atoms with Crippen molar-refractivity contribution >= 4 is 11.6 Å². The van der Waals surface area contributed by atoms with Crippen molar-refractivity contribution in [2.45, 2.75) is 19.4 Å². The third-order valence-electron chi connectivity index (χ3n) is 3.26. The molecule has 0 radical (unpaired) electrons. The summed E-state index contributed by atoms with van der Waals surface area (Å²) < 4.78 is 10.7. The summed E-state index contributed by atoms with van der Waals surface area (Å²) in [6, 6.07) is 5.53. The van der Waals surface area contributed by atoms with E-state index in [-0.39, 0.29) is 18.1 Å². The maximum absolute atomic E-state index is 11.8. The van der Waals surface area contributed by atoms with Crippen LogP contribution in [0.3, 0.4) is 0 Å². The normalized spacial score (nSPS) is 16.6. The van der Waals surface area contributed by atoms with Crippen LogP contribution in [0.2, 0.25) is 0 Å². The largest absolute Gasteiger partial charge is 0.497 e. The first-order chi connectivity index (χ1) is 9.02. The summed E-state index contributed by atoms with van der Waals surface area (Å²) in [5.74, 6) is 0.640. The molecule has 5 heteroatoms. The fourth-order valence-corrected chi connectivity index (χ4v) is 1.91. The average Bonchev–Trinajstić information content (AvgIpc) is 2.36. The van der Waals surface area contributed by atoms with Crippen molar-refractivity contribution in [1.29, 1.82) is 0 Å². The highest BCUT2D eigenvalue weighted by atomic mass is 16.5. The van der Waals surface area contributed by atoms with Gasteiger partial charge < -0.3 is 20.1 Å². The van der Waals surface area contributed by atoms with Crippen LogP contribution in [0.4, 0.5) is 5.69 Å². The van der Waals surface area contributed by atoms with E-state index in [1.165, 1.54) is 0 Å². The van der Waals surface area contributed by atoms with Gasteiger partial charge in [0.05, 0.1) is 12.7 Å². The van der Waals surface area contributed by atoms with Crippen molar-refractivity contribution in [2.24, 2.45) is 0 Å². The summed E-state index contributed by atoms with van der Waals surface area (Å²) in [4.78, 5) is 11.8. The van der Waals surface area contributed by atoms with Gasteiger partial charge in [0.15, 0.2) is 0 Å². The molecule has 1 aliphatic rings. The van der Waals surface area contributed by atoms with Gasteiger partial charge in [-0.1, -0.05) is 0 Å². The quantitative estimate of drug-likeness (QED) is 0.842. The molecule has 0 aromatic heterocycles. The van der Waals surface area contributed by atoms with Gasteiger partial charge in [0, 0.05) is 18.8 Å². The van der Waals surface area contributed by atoms with E-state index in [1.807, 2.05) is 32.0 Å². The van der Waals surface area contributed by atoms with Crippen LogP contribution in [0.5, 0.6) is 5.75 Å². The number of aryl methyl sites for hydroxylation is 1. The molecule has 0 aliphatic carbocycles. The fourth-order valence-electron chi connectivity index (χ4n) is 1.91. The molecular formula is C14H20N2O3. The van der Waals surface area contributed by atoms with E-state index in [1.54, 1.807) is 7.11 Å². The topological polar surface area (TPSA) is 59.6 Å². The predicted molar refractivity (Wildman–Crippen MR) is 73.6 cm³/mol. The van der Waals surface area contributed by atoms with Crippen LogP contribution in [0.15, 0.2) is 18.2 Å². The first-order valence-corrected chi connectivity index (χ1v) is 6.32. The van der Waals surface area contributed by atoms with Crippen LogP contribution in [0.25, 0.3) is 0 Å². The summed E-state index contributed by atoms with van der Waals surface area (Å²) in [6.07, 6.45) is 0. The summed E-state index contributed by atoms with van der Waals surface area (Å²) in [6.45, 7) is 5.58. The molecule has 0 bridgehead atoms. The zero-order valence-corrected chi connectivity index (χ0v) is 11.6. The van der Waals surface area contributed by atoms with E-state index in [0.29, 0.717) is 0 Å². The highest BCUT2D eigenvalue weighted by Crippen LogP contribution is 2.21. The van der Waals surface area contributed by atoms with Crippen molar-refractivity contribution in [2.75, 3.05) is 32.1 Å². The lowest BCUT2D eigenvalue weighted by Gasteiger charge is -2.38. The summed E-state index contributed by atoms with van der Waals surface area (Å²) in [7, 11) is 1.62. The number of amides is 1. The fraction of sp³-hybridized carbons (Fsp3) is 0.500. The highest BCUT2D eigenvalue weighted by Gasteiger charge is 2.32. The Hall–Kier alpha value is -1.59. The molecule has 0 spiro atoms. The lowest BCUT2D eigenvalue weighted by Crippen LogP contribution is -2.59. The van der Waals surface area contributed by atoms with Gasteiger partial charge in [-0.25, -0.2) is 0 Å². The van der Waals surface area contributed by atoms with E-state index in [0.717, 1.165) is 30.1 Å². The van der Waals surface area contributed by atoms with Crippen molar-refractivity contribution in [1.82, 2.24) is 5.32 Å². The molecule has 5 nitrogen and oxygen atoms in total. The maximum Gasteiger partial charge on any atom is 0.250 e. The third kappa shape index (κ3) is 3.45. The Morgan fingerprint density at radius 1 is 1.47 bits per heavy atom.